The van der Waals surface area contributed by atoms with Gasteiger partial charge in [-0.15, -0.1) is 0 Å². The number of nitrogens with one attached hydrogen (secondary N) is 1. The van der Waals surface area contributed by atoms with Gasteiger partial charge in [0, 0.05) is 21.6 Å². The lowest BCUT2D eigenvalue weighted by Crippen LogP contribution is -1.86. The van der Waals surface area contributed by atoms with Crippen LogP contribution in [0.15, 0.2) is 33.8 Å². The van der Waals surface area contributed by atoms with Crippen molar-refractivity contribution < 1.29 is 8.42 Å². The van der Waals surface area contributed by atoms with E-state index in [-0.39, 0.29) is 0 Å². The number of halogens is 1. The SMILES string of the molecule is O=S(=O)(P)c1c[nH]c2cc(Br)ccc12. The van der Waals surface area contributed by atoms with Crippen LogP contribution in [0.25, 0.3) is 10.9 Å². The molecule has 1 heterocycles. The van der Waals surface area contributed by atoms with Gasteiger partial charge in [0.25, 0.3) is 0 Å². The van der Waals surface area contributed by atoms with E-state index in [0.717, 1.165) is 9.99 Å². The largest absolute Gasteiger partial charge is 0.360 e. The fraction of sp³-hybridized carbons (Fsp3) is 0. The Morgan fingerprint density at radius 3 is 2.71 bits per heavy atom. The maximum Gasteiger partial charge on any atom is 0.191 e. The molecule has 6 heteroatoms. The first-order valence-corrected chi connectivity index (χ1v) is 7.53. The Bertz CT molecular complexity index is 590. The Hall–Kier alpha value is -0.380. The van der Waals surface area contributed by atoms with Gasteiger partial charge in [-0.3, -0.25) is 0 Å². The van der Waals surface area contributed by atoms with E-state index in [4.69, 9.17) is 0 Å². The minimum atomic E-state index is -3.23. The molecule has 0 aliphatic rings. The molecule has 0 aliphatic carbocycles. The van der Waals surface area contributed by atoms with Crippen molar-refractivity contribution in [3.05, 3.63) is 28.9 Å². The van der Waals surface area contributed by atoms with Crippen molar-refractivity contribution in [2.24, 2.45) is 0 Å². The minimum Gasteiger partial charge on any atom is -0.360 e. The molecule has 74 valence electrons. The van der Waals surface area contributed by atoms with E-state index < -0.39 is 9.46 Å². The standard InChI is InChI=1S/C8H7BrNO2PS/c9-5-1-2-6-7(3-5)10-4-8(6)14(11,12)13/h1-4,10H,13H2. The van der Waals surface area contributed by atoms with E-state index >= 15 is 0 Å². The molecule has 0 radical (unpaired) electrons. The molecule has 1 aromatic carbocycles. The molecule has 0 saturated carbocycles. The Kier molecular flexibility index (Phi) is 2.41. The maximum atomic E-state index is 11.3. The summed E-state index contributed by atoms with van der Waals surface area (Å²) >= 11 is 3.32. The monoisotopic (exact) mass is 291 g/mol. The average molecular weight is 292 g/mol. The first kappa shape index (κ1) is 10.1. The second kappa shape index (κ2) is 3.33. The van der Waals surface area contributed by atoms with Gasteiger partial charge in [0.2, 0.25) is 0 Å². The van der Waals surface area contributed by atoms with E-state index in [1.807, 2.05) is 20.6 Å². The lowest BCUT2D eigenvalue weighted by atomic mass is 10.2. The second-order valence-electron chi connectivity index (χ2n) is 2.89. The van der Waals surface area contributed by atoms with Crippen LogP contribution in [0, 0.1) is 0 Å². The van der Waals surface area contributed by atoms with Gasteiger partial charge in [0.15, 0.2) is 9.46 Å². The summed E-state index contributed by atoms with van der Waals surface area (Å²) in [5, 5.41) is 0.711. The highest BCUT2D eigenvalue weighted by atomic mass is 79.9. The molecule has 1 atom stereocenters. The summed E-state index contributed by atoms with van der Waals surface area (Å²) in [4.78, 5) is 3.22. The molecule has 0 aliphatic heterocycles. The fourth-order valence-corrected chi connectivity index (χ4v) is 2.96. The number of rotatable bonds is 1. The Morgan fingerprint density at radius 1 is 1.36 bits per heavy atom. The van der Waals surface area contributed by atoms with Crippen molar-refractivity contribution in [2.75, 3.05) is 0 Å². The molecule has 3 nitrogen and oxygen atoms in total. The molecular weight excluding hydrogens is 285 g/mol. The first-order valence-electron chi connectivity index (χ1n) is 3.78. The molecule has 0 bridgehead atoms. The number of hydrogen-bond donors (Lipinski definition) is 1. The van der Waals surface area contributed by atoms with Crippen LogP contribution >= 0.6 is 24.4 Å². The minimum absolute atomic E-state index is 0.310. The zero-order valence-corrected chi connectivity index (χ0v) is 10.5. The summed E-state index contributed by atoms with van der Waals surface area (Å²) in [5.41, 5.74) is 0.806. The molecule has 1 unspecified atom stereocenters. The lowest BCUT2D eigenvalue weighted by molar-refractivity contribution is 0.611. The van der Waals surface area contributed by atoms with Crippen LogP contribution in [0.5, 0.6) is 0 Å². The summed E-state index contributed by atoms with van der Waals surface area (Å²) in [7, 11) is -1.38. The molecule has 1 N–H and O–H groups in total. The maximum absolute atomic E-state index is 11.3. The van der Waals surface area contributed by atoms with E-state index in [1.165, 1.54) is 6.20 Å². The van der Waals surface area contributed by atoms with Crippen LogP contribution in [-0.2, 0) is 9.46 Å². The Labute approximate surface area is 91.9 Å². The van der Waals surface area contributed by atoms with E-state index in [2.05, 4.69) is 20.9 Å². The second-order valence-corrected chi connectivity index (χ2v) is 7.20. The van der Waals surface area contributed by atoms with Gasteiger partial charge < -0.3 is 4.98 Å². The van der Waals surface area contributed by atoms with Crippen LogP contribution in [0.2, 0.25) is 0 Å². The van der Waals surface area contributed by atoms with Gasteiger partial charge >= 0.3 is 0 Å². The van der Waals surface area contributed by atoms with Crippen molar-refractivity contribution in [3.63, 3.8) is 0 Å². The third-order valence-electron chi connectivity index (χ3n) is 1.91. The lowest BCUT2D eigenvalue weighted by Gasteiger charge is -1.95. The predicted octanol–water partition coefficient (Wildman–Crippen LogP) is 2.49. The van der Waals surface area contributed by atoms with Crippen molar-refractivity contribution in [3.8, 4) is 0 Å². The van der Waals surface area contributed by atoms with Crippen molar-refractivity contribution in [2.45, 2.75) is 4.90 Å². The quantitative estimate of drug-likeness (QED) is 0.821. The van der Waals surface area contributed by atoms with Gasteiger partial charge in [-0.2, -0.15) is 0 Å². The van der Waals surface area contributed by atoms with Crippen LogP contribution in [0.3, 0.4) is 0 Å². The van der Waals surface area contributed by atoms with E-state index in [0.29, 0.717) is 10.3 Å². The summed E-state index contributed by atoms with van der Waals surface area (Å²) in [5.74, 6) is 0. The zero-order chi connectivity index (χ0) is 10.3. The smallest absolute Gasteiger partial charge is 0.191 e. The topological polar surface area (TPSA) is 49.9 Å². The molecular formula is C8H7BrNO2PS. The number of aromatic amines is 1. The van der Waals surface area contributed by atoms with Crippen molar-refractivity contribution in [1.82, 2.24) is 4.98 Å². The van der Waals surface area contributed by atoms with Crippen LogP contribution in [0.1, 0.15) is 0 Å². The summed E-state index contributed by atoms with van der Waals surface area (Å²) < 4.78 is 23.6. The van der Waals surface area contributed by atoms with E-state index in [9.17, 15) is 8.42 Å². The summed E-state index contributed by atoms with van der Waals surface area (Å²) in [6, 6.07) is 5.43. The van der Waals surface area contributed by atoms with Crippen molar-refractivity contribution >= 4 is 44.7 Å². The molecule has 0 saturated heterocycles. The summed E-state index contributed by atoms with van der Waals surface area (Å²) in [6.45, 7) is 0. The van der Waals surface area contributed by atoms with Gasteiger partial charge in [-0.25, -0.2) is 8.42 Å². The number of hydrogen-bond acceptors (Lipinski definition) is 2. The highest BCUT2D eigenvalue weighted by molar-refractivity contribution is 9.10. The number of H-pyrrole nitrogens is 1. The van der Waals surface area contributed by atoms with Gasteiger partial charge in [0.1, 0.15) is 0 Å². The molecule has 1 aromatic heterocycles. The fourth-order valence-electron chi connectivity index (χ4n) is 1.31. The summed E-state index contributed by atoms with van der Waals surface area (Å²) in [6.07, 6.45) is 1.50. The third kappa shape index (κ3) is 1.72. The number of fused-ring (bicyclic) bond motifs is 1. The highest BCUT2D eigenvalue weighted by Gasteiger charge is 2.13. The van der Waals surface area contributed by atoms with Crippen LogP contribution in [-0.4, -0.2) is 13.4 Å². The van der Waals surface area contributed by atoms with Crippen molar-refractivity contribution in [1.29, 1.82) is 0 Å². The number of aromatic nitrogens is 1. The van der Waals surface area contributed by atoms with Gasteiger partial charge in [-0.1, -0.05) is 22.0 Å². The molecule has 14 heavy (non-hydrogen) atoms. The van der Waals surface area contributed by atoms with Gasteiger partial charge in [-0.05, 0) is 20.6 Å². The molecule has 2 aromatic rings. The third-order valence-corrected chi connectivity index (χ3v) is 4.12. The molecule has 2 rings (SSSR count). The normalized spacial score (nSPS) is 12.1. The van der Waals surface area contributed by atoms with E-state index in [1.54, 1.807) is 6.07 Å². The predicted molar refractivity (Wildman–Crippen MR) is 62.9 cm³/mol. The molecule has 0 spiro atoms. The highest BCUT2D eigenvalue weighted by Crippen LogP contribution is 2.28. The number of benzene rings is 1. The average Bonchev–Trinajstić information content (AvgIpc) is 2.45. The van der Waals surface area contributed by atoms with Crippen LogP contribution < -0.4 is 0 Å². The van der Waals surface area contributed by atoms with Gasteiger partial charge in [0.05, 0.1) is 4.90 Å². The first-order chi connectivity index (χ1) is 6.48. The Morgan fingerprint density at radius 2 is 2.07 bits per heavy atom. The zero-order valence-electron chi connectivity index (χ0n) is 6.99. The van der Waals surface area contributed by atoms with Crippen LogP contribution in [0.4, 0.5) is 0 Å². The Balaban J connectivity index is 2.83. The molecule has 0 amide bonds. The molecule has 0 fully saturated rings.